The van der Waals surface area contributed by atoms with Crippen molar-refractivity contribution in [2.75, 3.05) is 19.6 Å². The van der Waals surface area contributed by atoms with Crippen molar-refractivity contribution >= 4 is 0 Å². The number of halogens is 2. The number of hydrogen-bond donors (Lipinski definition) is 1. The first kappa shape index (κ1) is 14.4. The Balaban J connectivity index is 1.93. The molecule has 2 rings (SSSR count). The van der Waals surface area contributed by atoms with Crippen LogP contribution in [0.15, 0.2) is 18.2 Å². The molecular weight excluding hydrogens is 246 g/mol. The van der Waals surface area contributed by atoms with Gasteiger partial charge in [-0.1, -0.05) is 6.92 Å². The molecule has 1 aromatic carbocycles. The minimum atomic E-state index is -0.388. The molecule has 4 heteroatoms. The Morgan fingerprint density at radius 1 is 1.42 bits per heavy atom. The van der Waals surface area contributed by atoms with E-state index in [9.17, 15) is 8.78 Å². The van der Waals surface area contributed by atoms with Crippen molar-refractivity contribution in [2.24, 2.45) is 0 Å². The maximum absolute atomic E-state index is 13.6. The minimum absolute atomic E-state index is 0.171. The molecule has 2 nitrogen and oxygen atoms in total. The van der Waals surface area contributed by atoms with Crippen LogP contribution in [0, 0.1) is 11.6 Å². The second-order valence-corrected chi connectivity index (χ2v) is 5.22. The summed E-state index contributed by atoms with van der Waals surface area (Å²) in [5.41, 5.74) is 0.404. The van der Waals surface area contributed by atoms with Gasteiger partial charge in [-0.05, 0) is 51.1 Å². The van der Waals surface area contributed by atoms with Gasteiger partial charge in [0.1, 0.15) is 11.6 Å². The number of likely N-dealkylation sites (N-methyl/N-ethyl adjacent to an activating group) is 1. The maximum Gasteiger partial charge on any atom is 0.128 e. The zero-order valence-corrected chi connectivity index (χ0v) is 11.6. The van der Waals surface area contributed by atoms with Crippen LogP contribution in [-0.2, 0) is 0 Å². The average molecular weight is 268 g/mol. The number of benzene rings is 1. The fourth-order valence-electron chi connectivity index (χ4n) is 2.81. The number of nitrogens with zero attached hydrogens (tertiary/aromatic N) is 1. The van der Waals surface area contributed by atoms with Crippen LogP contribution >= 0.6 is 0 Å². The van der Waals surface area contributed by atoms with Gasteiger partial charge >= 0.3 is 0 Å². The summed E-state index contributed by atoms with van der Waals surface area (Å²) in [6.45, 7) is 7.06. The molecule has 0 spiro atoms. The minimum Gasteiger partial charge on any atom is -0.309 e. The number of hydrogen-bond acceptors (Lipinski definition) is 2. The van der Waals surface area contributed by atoms with Crippen molar-refractivity contribution in [1.82, 2.24) is 10.2 Å². The van der Waals surface area contributed by atoms with Crippen LogP contribution in [0.25, 0.3) is 0 Å². The van der Waals surface area contributed by atoms with Crippen LogP contribution in [0.1, 0.15) is 38.3 Å². The molecule has 0 radical (unpaired) electrons. The van der Waals surface area contributed by atoms with E-state index in [0.29, 0.717) is 11.6 Å². The second kappa shape index (κ2) is 6.44. The molecular formula is C15H22F2N2. The molecule has 1 N–H and O–H groups in total. The van der Waals surface area contributed by atoms with Gasteiger partial charge in [0.2, 0.25) is 0 Å². The van der Waals surface area contributed by atoms with Gasteiger partial charge in [0.25, 0.3) is 0 Å². The molecule has 0 amide bonds. The van der Waals surface area contributed by atoms with E-state index in [1.165, 1.54) is 25.0 Å². The van der Waals surface area contributed by atoms with Crippen molar-refractivity contribution < 1.29 is 8.78 Å². The molecule has 1 fully saturated rings. The Labute approximate surface area is 113 Å². The van der Waals surface area contributed by atoms with Gasteiger partial charge in [0.15, 0.2) is 0 Å². The normalized spacial score (nSPS) is 21.8. The third kappa shape index (κ3) is 3.51. The number of rotatable bonds is 5. The summed E-state index contributed by atoms with van der Waals surface area (Å²) < 4.78 is 26.8. The molecule has 0 saturated carbocycles. The molecule has 0 aromatic heterocycles. The summed E-state index contributed by atoms with van der Waals surface area (Å²) in [6, 6.07) is 3.97. The van der Waals surface area contributed by atoms with E-state index in [2.05, 4.69) is 17.1 Å². The van der Waals surface area contributed by atoms with Crippen LogP contribution in [-0.4, -0.2) is 30.6 Å². The van der Waals surface area contributed by atoms with E-state index in [-0.39, 0.29) is 17.7 Å². The van der Waals surface area contributed by atoms with E-state index < -0.39 is 0 Å². The highest BCUT2D eigenvalue weighted by molar-refractivity contribution is 5.21. The van der Waals surface area contributed by atoms with Gasteiger partial charge in [-0.3, -0.25) is 4.90 Å². The summed E-state index contributed by atoms with van der Waals surface area (Å²) >= 11 is 0. The van der Waals surface area contributed by atoms with Crippen molar-refractivity contribution in [3.63, 3.8) is 0 Å². The van der Waals surface area contributed by atoms with Gasteiger partial charge in [-0.15, -0.1) is 0 Å². The van der Waals surface area contributed by atoms with Crippen molar-refractivity contribution in [2.45, 2.75) is 38.8 Å². The summed E-state index contributed by atoms with van der Waals surface area (Å²) in [5.74, 6) is -0.735. The fraction of sp³-hybridized carbons (Fsp3) is 0.600. The standard InChI is InChI=1S/C15H22F2N2/c1-3-19-8-4-5-13(19)10-18-11(2)14-9-12(16)6-7-15(14)17/h6-7,9,11,13,18H,3-5,8,10H2,1-2H3. The fourth-order valence-corrected chi connectivity index (χ4v) is 2.81. The first-order chi connectivity index (χ1) is 9.11. The number of nitrogens with one attached hydrogen (secondary N) is 1. The molecule has 1 heterocycles. The lowest BCUT2D eigenvalue weighted by atomic mass is 10.1. The van der Waals surface area contributed by atoms with E-state index in [4.69, 9.17) is 0 Å². The van der Waals surface area contributed by atoms with Crippen LogP contribution in [0.4, 0.5) is 8.78 Å². The van der Waals surface area contributed by atoms with Crippen LogP contribution < -0.4 is 5.32 Å². The largest absolute Gasteiger partial charge is 0.309 e. The molecule has 1 saturated heterocycles. The van der Waals surface area contributed by atoms with E-state index in [1.807, 2.05) is 6.92 Å². The maximum atomic E-state index is 13.6. The van der Waals surface area contributed by atoms with Gasteiger partial charge < -0.3 is 5.32 Å². The molecule has 1 aliphatic heterocycles. The van der Waals surface area contributed by atoms with Crippen LogP contribution in [0.5, 0.6) is 0 Å². The van der Waals surface area contributed by atoms with Gasteiger partial charge in [0.05, 0.1) is 0 Å². The predicted molar refractivity (Wildman–Crippen MR) is 73.0 cm³/mol. The molecule has 2 unspecified atom stereocenters. The summed E-state index contributed by atoms with van der Waals surface area (Å²) in [7, 11) is 0. The molecule has 0 bridgehead atoms. The molecule has 106 valence electrons. The van der Waals surface area contributed by atoms with Crippen LogP contribution in [0.3, 0.4) is 0 Å². The second-order valence-electron chi connectivity index (χ2n) is 5.22. The van der Waals surface area contributed by atoms with E-state index in [1.54, 1.807) is 0 Å². The lowest BCUT2D eigenvalue weighted by Gasteiger charge is -2.25. The van der Waals surface area contributed by atoms with Gasteiger partial charge in [0, 0.05) is 24.2 Å². The molecule has 1 aliphatic rings. The first-order valence-corrected chi connectivity index (χ1v) is 7.04. The molecule has 19 heavy (non-hydrogen) atoms. The monoisotopic (exact) mass is 268 g/mol. The highest BCUT2D eigenvalue weighted by atomic mass is 19.1. The lowest BCUT2D eigenvalue weighted by Crippen LogP contribution is -2.38. The topological polar surface area (TPSA) is 15.3 Å². The Kier molecular flexibility index (Phi) is 4.88. The quantitative estimate of drug-likeness (QED) is 0.882. The molecule has 1 aromatic rings. The van der Waals surface area contributed by atoms with Crippen molar-refractivity contribution in [3.8, 4) is 0 Å². The summed E-state index contributed by atoms with van der Waals surface area (Å²) in [6.07, 6.45) is 2.40. The smallest absolute Gasteiger partial charge is 0.128 e. The van der Waals surface area contributed by atoms with Gasteiger partial charge in [-0.2, -0.15) is 0 Å². The summed E-state index contributed by atoms with van der Waals surface area (Å²) in [4.78, 5) is 2.43. The SMILES string of the molecule is CCN1CCCC1CNC(C)c1cc(F)ccc1F. The highest BCUT2D eigenvalue weighted by Crippen LogP contribution is 2.20. The average Bonchev–Trinajstić information content (AvgIpc) is 2.86. The Morgan fingerprint density at radius 3 is 2.95 bits per heavy atom. The third-order valence-electron chi connectivity index (χ3n) is 3.99. The Bertz CT molecular complexity index is 423. The van der Waals surface area contributed by atoms with Crippen molar-refractivity contribution in [1.29, 1.82) is 0 Å². The Morgan fingerprint density at radius 2 is 2.21 bits per heavy atom. The van der Waals surface area contributed by atoms with E-state index >= 15 is 0 Å². The summed E-state index contributed by atoms with van der Waals surface area (Å²) in [5, 5.41) is 3.32. The van der Waals surface area contributed by atoms with E-state index in [0.717, 1.165) is 25.7 Å². The zero-order chi connectivity index (χ0) is 13.8. The van der Waals surface area contributed by atoms with Crippen LogP contribution in [0.2, 0.25) is 0 Å². The van der Waals surface area contributed by atoms with Gasteiger partial charge in [-0.25, -0.2) is 8.78 Å². The zero-order valence-electron chi connectivity index (χ0n) is 11.6. The third-order valence-corrected chi connectivity index (χ3v) is 3.99. The molecule has 0 aliphatic carbocycles. The Hall–Kier alpha value is -1.00. The predicted octanol–water partition coefficient (Wildman–Crippen LogP) is 3.10. The first-order valence-electron chi connectivity index (χ1n) is 7.04. The number of likely N-dealkylation sites (tertiary alicyclic amines) is 1. The van der Waals surface area contributed by atoms with Crippen molar-refractivity contribution in [3.05, 3.63) is 35.4 Å². The molecule has 2 atom stereocenters. The highest BCUT2D eigenvalue weighted by Gasteiger charge is 2.23. The lowest BCUT2D eigenvalue weighted by molar-refractivity contribution is 0.255.